The topological polar surface area (TPSA) is 94.6 Å². The molecule has 33 heavy (non-hydrogen) atoms. The van der Waals surface area contributed by atoms with Crippen LogP contribution < -0.4 is 5.32 Å². The van der Waals surface area contributed by atoms with Crippen molar-refractivity contribution in [1.82, 2.24) is 4.98 Å². The molecule has 4 rings (SSSR count). The van der Waals surface area contributed by atoms with E-state index in [0.717, 1.165) is 22.4 Å². The van der Waals surface area contributed by atoms with Crippen molar-refractivity contribution in [2.24, 2.45) is 0 Å². The first-order valence-electron chi connectivity index (χ1n) is 10.9. The van der Waals surface area contributed by atoms with E-state index in [1.807, 2.05) is 18.2 Å². The number of esters is 2. The van der Waals surface area contributed by atoms with Gasteiger partial charge in [-0.1, -0.05) is 31.2 Å². The standard InChI is InChI=1S/C25H24N2O5S/c1-3-19(32-24(29)16-9-7-13-26-14-16)22(28)27-23-20(25(30)31-4-2)18-12-11-15-8-5-6-10-17(15)21(18)33-23/h5-10,13-14,19H,3-4,11-12H2,1-2H3,(H,27,28). The van der Waals surface area contributed by atoms with E-state index in [1.165, 1.54) is 23.1 Å². The van der Waals surface area contributed by atoms with Gasteiger partial charge < -0.3 is 14.8 Å². The second-order valence-electron chi connectivity index (χ2n) is 7.52. The van der Waals surface area contributed by atoms with Crippen LogP contribution >= 0.6 is 11.3 Å². The predicted molar refractivity (Wildman–Crippen MR) is 125 cm³/mol. The summed E-state index contributed by atoms with van der Waals surface area (Å²) in [6.07, 6.45) is 3.69. The number of pyridine rings is 1. The van der Waals surface area contributed by atoms with E-state index in [1.54, 1.807) is 32.2 Å². The van der Waals surface area contributed by atoms with Gasteiger partial charge in [0, 0.05) is 17.3 Å². The fourth-order valence-electron chi connectivity index (χ4n) is 3.84. The average molecular weight is 465 g/mol. The van der Waals surface area contributed by atoms with Gasteiger partial charge in [0.15, 0.2) is 6.10 Å². The summed E-state index contributed by atoms with van der Waals surface area (Å²) in [5, 5.41) is 3.24. The lowest BCUT2D eigenvalue weighted by Gasteiger charge is -2.17. The van der Waals surface area contributed by atoms with E-state index >= 15 is 0 Å². The van der Waals surface area contributed by atoms with Crippen molar-refractivity contribution in [3.8, 4) is 10.4 Å². The molecule has 1 amide bonds. The van der Waals surface area contributed by atoms with E-state index in [0.29, 0.717) is 17.0 Å². The lowest BCUT2D eigenvalue weighted by Crippen LogP contribution is -2.32. The molecular formula is C25H24N2O5S. The molecule has 2 heterocycles. The van der Waals surface area contributed by atoms with Crippen LogP contribution in [0, 0.1) is 0 Å². The summed E-state index contributed by atoms with van der Waals surface area (Å²) in [5.74, 6) is -1.59. The lowest BCUT2D eigenvalue weighted by atomic mass is 9.89. The highest BCUT2D eigenvalue weighted by molar-refractivity contribution is 7.20. The summed E-state index contributed by atoms with van der Waals surface area (Å²) in [5.41, 5.74) is 3.79. The Morgan fingerprint density at radius 1 is 1.09 bits per heavy atom. The zero-order valence-corrected chi connectivity index (χ0v) is 19.2. The SMILES string of the molecule is CCOC(=O)c1c(NC(=O)C(CC)OC(=O)c2cccnc2)sc2c1CCc1ccccc1-2. The third kappa shape index (κ3) is 4.66. The number of benzene rings is 1. The molecule has 2 aromatic heterocycles. The predicted octanol–water partition coefficient (Wildman–Crippen LogP) is 4.66. The quantitative estimate of drug-likeness (QED) is 0.511. The van der Waals surface area contributed by atoms with Crippen molar-refractivity contribution in [2.75, 3.05) is 11.9 Å². The molecule has 0 spiro atoms. The first-order chi connectivity index (χ1) is 16.0. The lowest BCUT2D eigenvalue weighted by molar-refractivity contribution is -0.124. The molecule has 0 radical (unpaired) electrons. The Bertz CT molecular complexity index is 1190. The number of aromatic nitrogens is 1. The highest BCUT2D eigenvalue weighted by Crippen LogP contribution is 2.45. The molecule has 1 aliphatic carbocycles. The molecule has 0 saturated heterocycles. The number of nitrogens with one attached hydrogen (secondary N) is 1. The molecule has 1 N–H and O–H groups in total. The number of rotatable bonds is 7. The van der Waals surface area contributed by atoms with Gasteiger partial charge in [0.2, 0.25) is 0 Å². The normalized spacial score (nSPS) is 12.8. The third-order valence-corrected chi connectivity index (χ3v) is 6.62. The number of hydrogen-bond acceptors (Lipinski definition) is 7. The monoisotopic (exact) mass is 464 g/mol. The van der Waals surface area contributed by atoms with E-state index in [4.69, 9.17) is 9.47 Å². The number of thiophene rings is 1. The van der Waals surface area contributed by atoms with Gasteiger partial charge >= 0.3 is 11.9 Å². The summed E-state index contributed by atoms with van der Waals surface area (Å²) >= 11 is 1.35. The summed E-state index contributed by atoms with van der Waals surface area (Å²) in [4.78, 5) is 43.2. The maximum atomic E-state index is 13.1. The average Bonchev–Trinajstić information content (AvgIpc) is 3.21. The van der Waals surface area contributed by atoms with Crippen LogP contribution in [0.1, 0.15) is 52.1 Å². The second-order valence-corrected chi connectivity index (χ2v) is 8.55. The smallest absolute Gasteiger partial charge is 0.341 e. The summed E-state index contributed by atoms with van der Waals surface area (Å²) in [6.45, 7) is 3.73. The Labute approximate surface area is 195 Å². The van der Waals surface area contributed by atoms with Crippen LogP contribution in [0.2, 0.25) is 0 Å². The number of anilines is 1. The molecular weight excluding hydrogens is 440 g/mol. The Morgan fingerprint density at radius 2 is 1.91 bits per heavy atom. The van der Waals surface area contributed by atoms with Crippen molar-refractivity contribution in [3.63, 3.8) is 0 Å². The maximum Gasteiger partial charge on any atom is 0.341 e. The van der Waals surface area contributed by atoms with Gasteiger partial charge in [0.05, 0.1) is 17.7 Å². The Kier molecular flexibility index (Phi) is 6.84. The van der Waals surface area contributed by atoms with Gasteiger partial charge in [-0.15, -0.1) is 11.3 Å². The minimum atomic E-state index is -1.01. The maximum absolute atomic E-state index is 13.1. The molecule has 8 heteroatoms. The van der Waals surface area contributed by atoms with Gasteiger partial charge in [-0.25, -0.2) is 9.59 Å². The Morgan fingerprint density at radius 3 is 2.64 bits per heavy atom. The van der Waals surface area contributed by atoms with E-state index < -0.39 is 23.9 Å². The van der Waals surface area contributed by atoms with Crippen molar-refractivity contribution in [3.05, 3.63) is 71.0 Å². The second kappa shape index (κ2) is 9.95. The third-order valence-electron chi connectivity index (χ3n) is 5.44. The van der Waals surface area contributed by atoms with Crippen LogP contribution in [0.15, 0.2) is 48.8 Å². The molecule has 7 nitrogen and oxygen atoms in total. The Balaban J connectivity index is 1.63. The number of carbonyl (C=O) groups excluding carboxylic acids is 3. The summed E-state index contributed by atoms with van der Waals surface area (Å²) in [6, 6.07) is 11.2. The van der Waals surface area contributed by atoms with Crippen molar-refractivity contribution >= 4 is 34.2 Å². The minimum Gasteiger partial charge on any atom is -0.462 e. The van der Waals surface area contributed by atoms with E-state index in [9.17, 15) is 14.4 Å². The van der Waals surface area contributed by atoms with E-state index in [2.05, 4.69) is 16.4 Å². The number of aryl methyl sites for hydroxylation is 1. The van der Waals surface area contributed by atoms with Gasteiger partial charge in [-0.05, 0) is 55.0 Å². The van der Waals surface area contributed by atoms with Gasteiger partial charge in [-0.3, -0.25) is 9.78 Å². The first-order valence-corrected chi connectivity index (χ1v) is 11.7. The number of amides is 1. The molecule has 1 aliphatic rings. The summed E-state index contributed by atoms with van der Waals surface area (Å²) < 4.78 is 10.7. The van der Waals surface area contributed by atoms with Crippen LogP contribution in [0.4, 0.5) is 5.00 Å². The zero-order chi connectivity index (χ0) is 23.4. The molecule has 170 valence electrons. The fraction of sp³-hybridized carbons (Fsp3) is 0.280. The van der Waals surface area contributed by atoms with Crippen LogP contribution in [-0.4, -0.2) is 35.5 Å². The van der Waals surface area contributed by atoms with Crippen molar-refractivity contribution < 1.29 is 23.9 Å². The number of ether oxygens (including phenoxy) is 2. The van der Waals surface area contributed by atoms with Crippen LogP contribution in [-0.2, 0) is 27.1 Å². The first kappa shape index (κ1) is 22.7. The van der Waals surface area contributed by atoms with Gasteiger partial charge in [0.25, 0.3) is 5.91 Å². The van der Waals surface area contributed by atoms with Crippen LogP contribution in [0.5, 0.6) is 0 Å². The molecule has 0 bridgehead atoms. The fourth-order valence-corrected chi connectivity index (χ4v) is 5.14. The van der Waals surface area contributed by atoms with Crippen molar-refractivity contribution in [2.45, 2.75) is 39.2 Å². The molecule has 1 atom stereocenters. The Hall–Kier alpha value is -3.52. The molecule has 1 aromatic carbocycles. The molecule has 0 aliphatic heterocycles. The highest BCUT2D eigenvalue weighted by Gasteiger charge is 2.31. The van der Waals surface area contributed by atoms with Crippen molar-refractivity contribution in [1.29, 1.82) is 0 Å². The minimum absolute atomic E-state index is 0.230. The molecule has 0 saturated carbocycles. The molecule has 0 fully saturated rings. The number of fused-ring (bicyclic) bond motifs is 3. The van der Waals surface area contributed by atoms with E-state index in [-0.39, 0.29) is 18.6 Å². The van der Waals surface area contributed by atoms with Gasteiger partial charge in [-0.2, -0.15) is 0 Å². The number of carbonyl (C=O) groups is 3. The van der Waals surface area contributed by atoms with Crippen LogP contribution in [0.3, 0.4) is 0 Å². The molecule has 1 unspecified atom stereocenters. The molecule has 3 aromatic rings. The van der Waals surface area contributed by atoms with Gasteiger partial charge in [0.1, 0.15) is 5.00 Å². The largest absolute Gasteiger partial charge is 0.462 e. The zero-order valence-electron chi connectivity index (χ0n) is 18.4. The summed E-state index contributed by atoms with van der Waals surface area (Å²) in [7, 11) is 0. The number of nitrogens with zero attached hydrogens (tertiary/aromatic N) is 1. The van der Waals surface area contributed by atoms with Crippen LogP contribution in [0.25, 0.3) is 10.4 Å². The number of hydrogen-bond donors (Lipinski definition) is 1. The highest BCUT2D eigenvalue weighted by atomic mass is 32.1.